The molecule has 6 nitrogen and oxygen atoms in total. The summed E-state index contributed by atoms with van der Waals surface area (Å²) in [5, 5.41) is 2.88. The Hall–Kier alpha value is -1.66. The van der Waals surface area contributed by atoms with E-state index in [0.717, 1.165) is 45.0 Å². The van der Waals surface area contributed by atoms with E-state index in [1.807, 2.05) is 17.0 Å². The van der Waals surface area contributed by atoms with Crippen LogP contribution in [0.15, 0.2) is 24.5 Å². The van der Waals surface area contributed by atoms with Crippen LogP contribution in [-0.4, -0.2) is 66.2 Å². The Bertz CT molecular complexity index is 454. The number of piperazine rings is 1. The van der Waals surface area contributed by atoms with Gasteiger partial charge < -0.3 is 15.0 Å². The molecule has 1 aromatic heterocycles. The molecule has 2 saturated heterocycles. The van der Waals surface area contributed by atoms with Crippen molar-refractivity contribution < 1.29 is 9.53 Å². The minimum absolute atomic E-state index is 0.0419. The highest BCUT2D eigenvalue weighted by atomic mass is 16.5. The van der Waals surface area contributed by atoms with Gasteiger partial charge in [0.05, 0.1) is 18.0 Å². The SMILES string of the molecule is O=C(Nc1cccnc1)N1CCN(CC2CCCO2)CC1. The lowest BCUT2D eigenvalue weighted by Crippen LogP contribution is -2.51. The minimum atomic E-state index is -0.0419. The zero-order valence-electron chi connectivity index (χ0n) is 12.2. The van der Waals surface area contributed by atoms with Crippen LogP contribution in [0.25, 0.3) is 0 Å². The van der Waals surface area contributed by atoms with Crippen molar-refractivity contribution in [3.8, 4) is 0 Å². The molecule has 0 aliphatic carbocycles. The molecular weight excluding hydrogens is 268 g/mol. The number of hydrogen-bond acceptors (Lipinski definition) is 4. The minimum Gasteiger partial charge on any atom is -0.377 e. The topological polar surface area (TPSA) is 57.7 Å². The van der Waals surface area contributed by atoms with Crippen LogP contribution < -0.4 is 5.32 Å². The van der Waals surface area contributed by atoms with Gasteiger partial charge in [-0.1, -0.05) is 0 Å². The van der Waals surface area contributed by atoms with Gasteiger partial charge in [-0.15, -0.1) is 0 Å². The van der Waals surface area contributed by atoms with E-state index in [1.165, 1.54) is 12.8 Å². The first-order valence-electron chi connectivity index (χ1n) is 7.61. The molecule has 0 saturated carbocycles. The average molecular weight is 290 g/mol. The summed E-state index contributed by atoms with van der Waals surface area (Å²) in [5.41, 5.74) is 0.740. The number of amides is 2. The van der Waals surface area contributed by atoms with Crippen molar-refractivity contribution >= 4 is 11.7 Å². The molecule has 2 fully saturated rings. The van der Waals surface area contributed by atoms with E-state index in [0.29, 0.717) is 6.10 Å². The quantitative estimate of drug-likeness (QED) is 0.914. The van der Waals surface area contributed by atoms with Crippen LogP contribution >= 0.6 is 0 Å². The van der Waals surface area contributed by atoms with Gasteiger partial charge in [0.15, 0.2) is 0 Å². The lowest BCUT2D eigenvalue weighted by Gasteiger charge is -2.35. The van der Waals surface area contributed by atoms with Crippen molar-refractivity contribution in [3.63, 3.8) is 0 Å². The van der Waals surface area contributed by atoms with E-state index in [2.05, 4.69) is 15.2 Å². The second-order valence-electron chi connectivity index (χ2n) is 5.59. The maximum Gasteiger partial charge on any atom is 0.321 e. The number of rotatable bonds is 3. The number of aromatic nitrogens is 1. The monoisotopic (exact) mass is 290 g/mol. The highest BCUT2D eigenvalue weighted by Gasteiger charge is 2.24. The average Bonchev–Trinajstić information content (AvgIpc) is 3.02. The van der Waals surface area contributed by atoms with Crippen molar-refractivity contribution in [3.05, 3.63) is 24.5 Å². The summed E-state index contributed by atoms with van der Waals surface area (Å²) in [4.78, 5) is 20.4. The second-order valence-corrected chi connectivity index (χ2v) is 5.59. The van der Waals surface area contributed by atoms with E-state index < -0.39 is 0 Å². The fourth-order valence-corrected chi connectivity index (χ4v) is 2.85. The van der Waals surface area contributed by atoms with E-state index in [-0.39, 0.29) is 6.03 Å². The molecule has 1 atom stereocenters. The van der Waals surface area contributed by atoms with Gasteiger partial charge in [0.1, 0.15) is 0 Å². The largest absolute Gasteiger partial charge is 0.377 e. The zero-order valence-corrected chi connectivity index (χ0v) is 12.2. The first-order chi connectivity index (χ1) is 10.3. The van der Waals surface area contributed by atoms with Gasteiger partial charge in [-0.3, -0.25) is 9.88 Å². The number of pyridine rings is 1. The first-order valence-corrected chi connectivity index (χ1v) is 7.61. The molecule has 1 N–H and O–H groups in total. The molecule has 3 rings (SSSR count). The lowest BCUT2D eigenvalue weighted by molar-refractivity contribution is 0.0572. The Kier molecular flexibility index (Phi) is 4.67. The van der Waals surface area contributed by atoms with Crippen molar-refractivity contribution in [2.24, 2.45) is 0 Å². The van der Waals surface area contributed by atoms with Gasteiger partial charge in [0.25, 0.3) is 0 Å². The molecule has 114 valence electrons. The van der Waals surface area contributed by atoms with Gasteiger partial charge in [-0.25, -0.2) is 4.79 Å². The third kappa shape index (κ3) is 3.92. The summed E-state index contributed by atoms with van der Waals surface area (Å²) in [6, 6.07) is 3.62. The third-order valence-corrected chi connectivity index (χ3v) is 4.06. The van der Waals surface area contributed by atoms with E-state index >= 15 is 0 Å². The summed E-state index contributed by atoms with van der Waals surface area (Å²) in [7, 11) is 0. The Morgan fingerprint density at radius 3 is 2.90 bits per heavy atom. The third-order valence-electron chi connectivity index (χ3n) is 4.06. The van der Waals surface area contributed by atoms with Gasteiger partial charge >= 0.3 is 6.03 Å². The number of anilines is 1. The van der Waals surface area contributed by atoms with Gasteiger partial charge in [0, 0.05) is 45.5 Å². The van der Waals surface area contributed by atoms with Crippen molar-refractivity contribution in [2.45, 2.75) is 18.9 Å². The number of urea groups is 1. The molecule has 0 aromatic carbocycles. The van der Waals surface area contributed by atoms with Crippen LogP contribution in [0.5, 0.6) is 0 Å². The van der Waals surface area contributed by atoms with Crippen molar-refractivity contribution in [1.29, 1.82) is 0 Å². The summed E-state index contributed by atoms with van der Waals surface area (Å²) < 4.78 is 5.67. The number of ether oxygens (including phenoxy) is 1. The van der Waals surface area contributed by atoms with Crippen LogP contribution in [0.4, 0.5) is 10.5 Å². The fourth-order valence-electron chi connectivity index (χ4n) is 2.85. The Morgan fingerprint density at radius 1 is 1.38 bits per heavy atom. The highest BCUT2D eigenvalue weighted by molar-refractivity contribution is 5.89. The number of carbonyl (C=O) groups is 1. The van der Waals surface area contributed by atoms with Gasteiger partial charge in [-0.2, -0.15) is 0 Å². The smallest absolute Gasteiger partial charge is 0.321 e. The maximum atomic E-state index is 12.2. The zero-order chi connectivity index (χ0) is 14.5. The van der Waals surface area contributed by atoms with Gasteiger partial charge in [-0.05, 0) is 25.0 Å². The second kappa shape index (κ2) is 6.87. The molecule has 6 heteroatoms. The molecule has 1 aromatic rings. The summed E-state index contributed by atoms with van der Waals surface area (Å²) in [6.07, 6.45) is 6.09. The molecular formula is C15H22N4O2. The molecule has 0 bridgehead atoms. The maximum absolute atomic E-state index is 12.2. The number of hydrogen-bond donors (Lipinski definition) is 1. The van der Waals surface area contributed by atoms with Gasteiger partial charge in [0.2, 0.25) is 0 Å². The molecule has 21 heavy (non-hydrogen) atoms. The normalized spacial score (nSPS) is 23.2. The van der Waals surface area contributed by atoms with Crippen LogP contribution in [0, 0.1) is 0 Å². The summed E-state index contributed by atoms with van der Waals surface area (Å²) in [6.45, 7) is 5.26. The molecule has 0 radical (unpaired) electrons. The highest BCUT2D eigenvalue weighted by Crippen LogP contribution is 2.15. The Morgan fingerprint density at radius 2 is 2.24 bits per heavy atom. The van der Waals surface area contributed by atoms with Crippen molar-refractivity contribution in [1.82, 2.24) is 14.8 Å². The number of nitrogens with zero attached hydrogens (tertiary/aromatic N) is 3. The number of nitrogens with one attached hydrogen (secondary N) is 1. The summed E-state index contributed by atoms with van der Waals surface area (Å²) in [5.74, 6) is 0. The standard InChI is InChI=1S/C15H22N4O2/c20-15(17-13-3-1-5-16-11-13)19-8-6-18(7-9-19)12-14-4-2-10-21-14/h1,3,5,11,14H,2,4,6-10,12H2,(H,17,20). The van der Waals surface area contributed by atoms with E-state index in [1.54, 1.807) is 12.4 Å². The van der Waals surface area contributed by atoms with E-state index in [4.69, 9.17) is 4.74 Å². The van der Waals surface area contributed by atoms with E-state index in [9.17, 15) is 4.79 Å². The van der Waals surface area contributed by atoms with Crippen LogP contribution in [0.3, 0.4) is 0 Å². The molecule has 2 aliphatic rings. The Labute approximate surface area is 125 Å². The van der Waals surface area contributed by atoms with Crippen molar-refractivity contribution in [2.75, 3.05) is 44.6 Å². The molecule has 2 aliphatic heterocycles. The predicted octanol–water partition coefficient (Wildman–Crippen LogP) is 1.41. The fraction of sp³-hybridized carbons (Fsp3) is 0.600. The molecule has 1 unspecified atom stereocenters. The molecule has 3 heterocycles. The Balaban J connectivity index is 1.43. The summed E-state index contributed by atoms with van der Waals surface area (Å²) >= 11 is 0. The first kappa shape index (κ1) is 14.3. The van der Waals surface area contributed by atoms with Crippen LogP contribution in [0.1, 0.15) is 12.8 Å². The van der Waals surface area contributed by atoms with Crippen LogP contribution in [-0.2, 0) is 4.74 Å². The molecule has 0 spiro atoms. The number of carbonyl (C=O) groups excluding carboxylic acids is 1. The predicted molar refractivity (Wildman–Crippen MR) is 80.2 cm³/mol. The van der Waals surface area contributed by atoms with Crippen LogP contribution in [0.2, 0.25) is 0 Å². The lowest BCUT2D eigenvalue weighted by atomic mass is 10.2. The molecule has 2 amide bonds.